The second-order valence-electron chi connectivity index (χ2n) is 5.55. The molecule has 0 fully saturated rings. The normalized spacial score (nSPS) is 14.2. The first-order chi connectivity index (χ1) is 10.3. The number of aryl methyl sites for hydroxylation is 2. The van der Waals surface area contributed by atoms with Crippen LogP contribution in [0.3, 0.4) is 0 Å². The summed E-state index contributed by atoms with van der Waals surface area (Å²) in [5, 5.41) is 28.1. The van der Waals surface area contributed by atoms with Crippen LogP contribution in [0.2, 0.25) is 0 Å². The molecular weight excluding hydrogens is 288 g/mol. The second kappa shape index (κ2) is 6.43. The number of rotatable bonds is 5. The number of aliphatic hydroxyl groups excluding tert-OH is 3. The van der Waals surface area contributed by atoms with Gasteiger partial charge < -0.3 is 20.3 Å². The molecule has 0 saturated heterocycles. The molecule has 0 spiro atoms. The third-order valence-electron chi connectivity index (χ3n) is 3.74. The van der Waals surface area contributed by atoms with E-state index in [1.54, 1.807) is 12.1 Å². The number of nitrogens with one attached hydrogen (secondary N) is 1. The fourth-order valence-corrected chi connectivity index (χ4v) is 2.39. The number of hydrogen-bond donors (Lipinski definition) is 4. The van der Waals surface area contributed by atoms with Crippen molar-refractivity contribution in [2.45, 2.75) is 39.0 Å². The number of aliphatic hydroxyl groups is 3. The van der Waals surface area contributed by atoms with Crippen LogP contribution in [0.5, 0.6) is 0 Å². The monoisotopic (exact) mass is 308 g/mol. The maximum absolute atomic E-state index is 12.1. The van der Waals surface area contributed by atoms with Gasteiger partial charge in [0, 0.05) is 6.42 Å². The molecule has 7 nitrogen and oxygen atoms in total. The Balaban J connectivity index is 2.52. The van der Waals surface area contributed by atoms with Crippen molar-refractivity contribution in [3.63, 3.8) is 0 Å². The molecule has 22 heavy (non-hydrogen) atoms. The Bertz CT molecular complexity index is 793. The van der Waals surface area contributed by atoms with E-state index >= 15 is 0 Å². The summed E-state index contributed by atoms with van der Waals surface area (Å²) in [4.78, 5) is 26.3. The molecule has 7 heteroatoms. The van der Waals surface area contributed by atoms with Crippen molar-refractivity contribution < 1.29 is 15.3 Å². The summed E-state index contributed by atoms with van der Waals surface area (Å²) in [6.45, 7) is 3.19. The zero-order valence-corrected chi connectivity index (χ0v) is 12.5. The van der Waals surface area contributed by atoms with Crippen LogP contribution in [0.15, 0.2) is 21.7 Å². The molecule has 1 heterocycles. The summed E-state index contributed by atoms with van der Waals surface area (Å²) in [6, 6.07) is 3.55. The highest BCUT2D eigenvalue weighted by Gasteiger charge is 2.16. The van der Waals surface area contributed by atoms with Gasteiger partial charge in [0.15, 0.2) is 0 Å². The zero-order chi connectivity index (χ0) is 16.4. The summed E-state index contributed by atoms with van der Waals surface area (Å²) >= 11 is 0. The van der Waals surface area contributed by atoms with Crippen LogP contribution in [-0.2, 0) is 6.54 Å². The van der Waals surface area contributed by atoms with Gasteiger partial charge in [0.1, 0.15) is 0 Å². The fraction of sp³-hybridized carbons (Fsp3) is 0.467. The Hall–Kier alpha value is -1.96. The first-order valence-electron chi connectivity index (χ1n) is 7.04. The average Bonchev–Trinajstić information content (AvgIpc) is 2.46. The fourth-order valence-electron chi connectivity index (χ4n) is 2.39. The van der Waals surface area contributed by atoms with Crippen molar-refractivity contribution in [2.24, 2.45) is 0 Å². The molecule has 0 aliphatic rings. The van der Waals surface area contributed by atoms with Crippen LogP contribution in [0, 0.1) is 13.8 Å². The maximum atomic E-state index is 12.1. The van der Waals surface area contributed by atoms with Crippen LogP contribution < -0.4 is 11.1 Å². The number of benzene rings is 1. The molecule has 1 aromatic heterocycles. The van der Waals surface area contributed by atoms with Gasteiger partial charge in [0.25, 0.3) is 0 Å². The van der Waals surface area contributed by atoms with Gasteiger partial charge in [-0.25, -0.2) is 0 Å². The molecule has 2 unspecified atom stereocenters. The molecular formula is C15H20N2O5. The van der Waals surface area contributed by atoms with Crippen molar-refractivity contribution >= 4 is 11.0 Å². The largest absolute Gasteiger partial charge is 0.394 e. The van der Waals surface area contributed by atoms with Crippen molar-refractivity contribution in [1.29, 1.82) is 0 Å². The van der Waals surface area contributed by atoms with E-state index in [9.17, 15) is 19.8 Å². The summed E-state index contributed by atoms with van der Waals surface area (Å²) < 4.78 is 1.20. The van der Waals surface area contributed by atoms with Gasteiger partial charge in [-0.15, -0.1) is 0 Å². The summed E-state index contributed by atoms with van der Waals surface area (Å²) in [5.74, 6) is 0. The van der Waals surface area contributed by atoms with Gasteiger partial charge in [0.2, 0.25) is 0 Å². The van der Waals surface area contributed by atoms with Crippen LogP contribution >= 0.6 is 0 Å². The number of nitrogens with zero attached hydrogens (tertiary/aromatic N) is 1. The third kappa shape index (κ3) is 3.27. The Morgan fingerprint density at radius 2 is 1.77 bits per heavy atom. The third-order valence-corrected chi connectivity index (χ3v) is 3.74. The maximum Gasteiger partial charge on any atom is 0.316 e. The first-order valence-corrected chi connectivity index (χ1v) is 7.04. The lowest BCUT2D eigenvalue weighted by Gasteiger charge is -2.17. The van der Waals surface area contributed by atoms with Crippen molar-refractivity contribution in [2.75, 3.05) is 6.61 Å². The SMILES string of the molecule is Cc1cc2[nH]c(=O)c(=O)n(CC(O)CC(O)CO)c2cc1C. The van der Waals surface area contributed by atoms with E-state index < -0.39 is 29.9 Å². The van der Waals surface area contributed by atoms with E-state index in [0.29, 0.717) is 11.0 Å². The van der Waals surface area contributed by atoms with E-state index in [4.69, 9.17) is 5.11 Å². The number of fused-ring (bicyclic) bond motifs is 1. The van der Waals surface area contributed by atoms with Crippen molar-refractivity contribution in [3.05, 3.63) is 44.0 Å². The van der Waals surface area contributed by atoms with Gasteiger partial charge in [-0.1, -0.05) is 0 Å². The number of hydrogen-bond acceptors (Lipinski definition) is 5. The van der Waals surface area contributed by atoms with E-state index in [2.05, 4.69) is 4.98 Å². The van der Waals surface area contributed by atoms with E-state index in [1.807, 2.05) is 13.8 Å². The lowest BCUT2D eigenvalue weighted by molar-refractivity contribution is 0.0358. The molecule has 0 aliphatic carbocycles. The smallest absolute Gasteiger partial charge is 0.316 e. The first kappa shape index (κ1) is 16.4. The van der Waals surface area contributed by atoms with E-state index in [0.717, 1.165) is 11.1 Å². The van der Waals surface area contributed by atoms with Crippen LogP contribution in [-0.4, -0.2) is 43.7 Å². The Kier molecular flexibility index (Phi) is 4.80. The van der Waals surface area contributed by atoms with Gasteiger partial charge in [-0.2, -0.15) is 0 Å². The minimum atomic E-state index is -1.07. The van der Waals surface area contributed by atoms with Crippen molar-refractivity contribution in [3.8, 4) is 0 Å². The molecule has 0 saturated carbocycles. The van der Waals surface area contributed by atoms with Gasteiger partial charge >= 0.3 is 11.1 Å². The van der Waals surface area contributed by atoms with Gasteiger partial charge in [-0.05, 0) is 37.1 Å². The zero-order valence-electron chi connectivity index (χ0n) is 12.5. The van der Waals surface area contributed by atoms with Crippen LogP contribution in [0.4, 0.5) is 0 Å². The minimum Gasteiger partial charge on any atom is -0.394 e. The number of aromatic nitrogens is 2. The van der Waals surface area contributed by atoms with Crippen LogP contribution in [0.25, 0.3) is 11.0 Å². The highest BCUT2D eigenvalue weighted by atomic mass is 16.3. The second-order valence-corrected chi connectivity index (χ2v) is 5.55. The van der Waals surface area contributed by atoms with Crippen molar-refractivity contribution in [1.82, 2.24) is 9.55 Å². The van der Waals surface area contributed by atoms with E-state index in [1.165, 1.54) is 4.57 Å². The standard InChI is InChI=1S/C15H20N2O5/c1-8-3-12-13(4-9(8)2)17(15(22)14(21)16-12)6-10(19)5-11(20)7-18/h3-4,10-11,18-20H,5-7H2,1-2H3,(H,16,21). The highest BCUT2D eigenvalue weighted by Crippen LogP contribution is 2.16. The quantitative estimate of drug-likeness (QED) is 0.551. The Morgan fingerprint density at radius 1 is 1.14 bits per heavy atom. The molecule has 2 aromatic rings. The Morgan fingerprint density at radius 3 is 2.41 bits per heavy atom. The lowest BCUT2D eigenvalue weighted by atomic mass is 10.1. The highest BCUT2D eigenvalue weighted by molar-refractivity contribution is 5.76. The predicted molar refractivity (Wildman–Crippen MR) is 82.0 cm³/mol. The minimum absolute atomic E-state index is 0.0813. The molecule has 0 amide bonds. The predicted octanol–water partition coefficient (Wildman–Crippen LogP) is -0.589. The molecule has 120 valence electrons. The average molecular weight is 308 g/mol. The Labute approximate surface area is 126 Å². The molecule has 0 aliphatic heterocycles. The molecule has 2 rings (SSSR count). The molecule has 0 radical (unpaired) electrons. The van der Waals surface area contributed by atoms with E-state index in [-0.39, 0.29) is 13.0 Å². The molecule has 1 aromatic carbocycles. The summed E-state index contributed by atoms with van der Waals surface area (Å²) in [6.07, 6.45) is -2.20. The molecule has 0 bridgehead atoms. The van der Waals surface area contributed by atoms with Gasteiger partial charge in [0.05, 0.1) is 36.4 Å². The van der Waals surface area contributed by atoms with Crippen LogP contribution in [0.1, 0.15) is 17.5 Å². The van der Waals surface area contributed by atoms with Gasteiger partial charge in [-0.3, -0.25) is 14.2 Å². The molecule has 4 N–H and O–H groups in total. The number of aromatic amines is 1. The number of H-pyrrole nitrogens is 1. The lowest BCUT2D eigenvalue weighted by Crippen LogP contribution is -2.39. The molecule has 2 atom stereocenters. The summed E-state index contributed by atoms with van der Waals surface area (Å²) in [5.41, 5.74) is 1.45. The summed E-state index contributed by atoms with van der Waals surface area (Å²) in [7, 11) is 0. The topological polar surface area (TPSA) is 116 Å².